The number of nitrogens with one attached hydrogen (secondary N) is 2. The van der Waals surface area contributed by atoms with Crippen LogP contribution in [-0.4, -0.2) is 19.1 Å². The molecule has 2 amide bonds. The van der Waals surface area contributed by atoms with Crippen LogP contribution in [-0.2, 0) is 6.42 Å². The lowest BCUT2D eigenvalue weighted by Crippen LogP contribution is -2.35. The average molecular weight is 235 g/mol. The van der Waals surface area contributed by atoms with Crippen molar-refractivity contribution in [1.29, 1.82) is 0 Å². The van der Waals surface area contributed by atoms with E-state index in [4.69, 9.17) is 5.73 Å². The molecule has 0 heterocycles. The van der Waals surface area contributed by atoms with Gasteiger partial charge in [-0.25, -0.2) is 4.79 Å². The summed E-state index contributed by atoms with van der Waals surface area (Å²) in [5, 5.41) is 5.87. The number of urea groups is 1. The van der Waals surface area contributed by atoms with Gasteiger partial charge in [0.2, 0.25) is 0 Å². The predicted octanol–water partition coefficient (Wildman–Crippen LogP) is 1.57. The van der Waals surface area contributed by atoms with E-state index in [2.05, 4.69) is 48.7 Å². The highest BCUT2D eigenvalue weighted by molar-refractivity contribution is 5.71. The zero-order chi connectivity index (χ0) is 12.7. The molecule has 0 aromatic heterocycles. The maximum Gasteiger partial charge on any atom is 0.312 e. The fourth-order valence-corrected chi connectivity index (χ4v) is 1.63. The number of amides is 2. The second kappa shape index (κ2) is 6.91. The predicted molar refractivity (Wildman–Crippen MR) is 69.8 cm³/mol. The van der Waals surface area contributed by atoms with Crippen molar-refractivity contribution >= 4 is 6.03 Å². The molecule has 4 heteroatoms. The molecule has 0 radical (unpaired) electrons. The molecule has 0 aliphatic rings. The topological polar surface area (TPSA) is 67.2 Å². The summed E-state index contributed by atoms with van der Waals surface area (Å²) in [5.41, 5.74) is 7.57. The van der Waals surface area contributed by atoms with Crippen LogP contribution in [0.5, 0.6) is 0 Å². The highest BCUT2D eigenvalue weighted by Gasteiger charge is 2.03. The highest BCUT2D eigenvalue weighted by atomic mass is 16.2. The van der Waals surface area contributed by atoms with Crippen LogP contribution in [0.2, 0.25) is 0 Å². The van der Waals surface area contributed by atoms with E-state index < -0.39 is 6.03 Å². The van der Waals surface area contributed by atoms with Crippen molar-refractivity contribution in [2.75, 3.05) is 13.1 Å². The van der Waals surface area contributed by atoms with Crippen LogP contribution in [0.25, 0.3) is 0 Å². The van der Waals surface area contributed by atoms with E-state index in [1.165, 1.54) is 11.1 Å². The van der Waals surface area contributed by atoms with Gasteiger partial charge >= 0.3 is 6.03 Å². The Balaban J connectivity index is 2.35. The summed E-state index contributed by atoms with van der Waals surface area (Å²) in [6.07, 6.45) is 1.06. The minimum absolute atomic E-state index is 0.274. The molecular formula is C13H21N3O. The molecule has 1 aromatic rings. The van der Waals surface area contributed by atoms with Crippen molar-refractivity contribution in [3.8, 4) is 0 Å². The first-order valence-electron chi connectivity index (χ1n) is 5.99. The first kappa shape index (κ1) is 13.5. The summed E-state index contributed by atoms with van der Waals surface area (Å²) in [6.45, 7) is 5.50. The van der Waals surface area contributed by atoms with Crippen LogP contribution in [0.4, 0.5) is 4.79 Å². The molecule has 0 aliphatic heterocycles. The minimum Gasteiger partial charge on any atom is -0.352 e. The van der Waals surface area contributed by atoms with Crippen LogP contribution in [0, 0.1) is 0 Å². The number of aryl methyl sites for hydroxylation is 1. The third-order valence-corrected chi connectivity index (χ3v) is 2.76. The lowest BCUT2D eigenvalue weighted by molar-refractivity contribution is 0.249. The van der Waals surface area contributed by atoms with Crippen LogP contribution in [0.15, 0.2) is 24.3 Å². The quantitative estimate of drug-likeness (QED) is 0.655. The SMILES string of the molecule is CCc1ccc(C(C)NCCNC(N)=O)cc1. The first-order valence-corrected chi connectivity index (χ1v) is 5.99. The number of carbonyl (C=O) groups excluding carboxylic acids is 1. The van der Waals surface area contributed by atoms with Crippen LogP contribution >= 0.6 is 0 Å². The van der Waals surface area contributed by atoms with Crippen molar-refractivity contribution < 1.29 is 4.79 Å². The molecule has 0 saturated carbocycles. The van der Waals surface area contributed by atoms with E-state index in [0.717, 1.165) is 6.42 Å². The Hall–Kier alpha value is -1.55. The van der Waals surface area contributed by atoms with Gasteiger partial charge in [0.25, 0.3) is 0 Å². The van der Waals surface area contributed by atoms with Gasteiger partial charge in [0.05, 0.1) is 0 Å². The molecule has 4 nitrogen and oxygen atoms in total. The molecule has 0 saturated heterocycles. The third kappa shape index (κ3) is 4.87. The zero-order valence-corrected chi connectivity index (χ0v) is 10.5. The van der Waals surface area contributed by atoms with E-state index in [1.54, 1.807) is 0 Å². The van der Waals surface area contributed by atoms with Gasteiger partial charge in [-0.05, 0) is 24.5 Å². The molecule has 0 aliphatic carbocycles. The molecule has 1 rings (SSSR count). The van der Waals surface area contributed by atoms with Crippen LogP contribution in [0.3, 0.4) is 0 Å². The van der Waals surface area contributed by atoms with Crippen LogP contribution < -0.4 is 16.4 Å². The highest BCUT2D eigenvalue weighted by Crippen LogP contribution is 2.13. The van der Waals surface area contributed by atoms with Gasteiger partial charge in [0, 0.05) is 19.1 Å². The van der Waals surface area contributed by atoms with E-state index in [1.807, 2.05) is 0 Å². The molecule has 1 aromatic carbocycles. The van der Waals surface area contributed by atoms with Crippen molar-refractivity contribution in [3.63, 3.8) is 0 Å². The second-order valence-electron chi connectivity index (χ2n) is 4.06. The Morgan fingerprint density at radius 1 is 1.29 bits per heavy atom. The maximum absolute atomic E-state index is 10.5. The number of carbonyl (C=O) groups is 1. The fourth-order valence-electron chi connectivity index (χ4n) is 1.63. The molecule has 1 unspecified atom stereocenters. The largest absolute Gasteiger partial charge is 0.352 e. The van der Waals surface area contributed by atoms with Crippen molar-refractivity contribution in [2.24, 2.45) is 5.73 Å². The standard InChI is InChI=1S/C13H21N3O/c1-3-11-4-6-12(7-5-11)10(2)15-8-9-16-13(14)17/h4-7,10,15H,3,8-9H2,1-2H3,(H3,14,16,17). The molecule has 94 valence electrons. The molecule has 4 N–H and O–H groups in total. The summed E-state index contributed by atoms with van der Waals surface area (Å²) in [7, 11) is 0. The number of benzene rings is 1. The first-order chi connectivity index (χ1) is 8.13. The molecule has 17 heavy (non-hydrogen) atoms. The number of hydrogen-bond donors (Lipinski definition) is 3. The monoisotopic (exact) mass is 235 g/mol. The Kier molecular flexibility index (Phi) is 5.49. The summed E-state index contributed by atoms with van der Waals surface area (Å²) < 4.78 is 0. The van der Waals surface area contributed by atoms with Crippen molar-refractivity contribution in [1.82, 2.24) is 10.6 Å². The molecule has 0 spiro atoms. The molecule has 1 atom stereocenters. The van der Waals surface area contributed by atoms with Gasteiger partial charge in [0.15, 0.2) is 0 Å². The fraction of sp³-hybridized carbons (Fsp3) is 0.462. The third-order valence-electron chi connectivity index (χ3n) is 2.76. The lowest BCUT2D eigenvalue weighted by Gasteiger charge is -2.14. The Morgan fingerprint density at radius 2 is 1.94 bits per heavy atom. The summed E-state index contributed by atoms with van der Waals surface area (Å²) in [4.78, 5) is 10.5. The van der Waals surface area contributed by atoms with Crippen LogP contribution in [0.1, 0.15) is 31.0 Å². The zero-order valence-electron chi connectivity index (χ0n) is 10.5. The second-order valence-corrected chi connectivity index (χ2v) is 4.06. The molecular weight excluding hydrogens is 214 g/mol. The molecule has 0 bridgehead atoms. The number of primary amides is 1. The number of rotatable bonds is 6. The van der Waals surface area contributed by atoms with E-state index in [9.17, 15) is 4.79 Å². The number of hydrogen-bond acceptors (Lipinski definition) is 2. The Bertz CT molecular complexity index is 348. The number of nitrogens with two attached hydrogens (primary N) is 1. The van der Waals surface area contributed by atoms with Gasteiger partial charge in [-0.15, -0.1) is 0 Å². The smallest absolute Gasteiger partial charge is 0.312 e. The summed E-state index contributed by atoms with van der Waals surface area (Å²) >= 11 is 0. The normalized spacial score (nSPS) is 12.1. The van der Waals surface area contributed by atoms with Gasteiger partial charge in [-0.1, -0.05) is 31.2 Å². The average Bonchev–Trinajstić information content (AvgIpc) is 2.34. The van der Waals surface area contributed by atoms with Gasteiger partial charge in [-0.3, -0.25) is 0 Å². The lowest BCUT2D eigenvalue weighted by atomic mass is 10.1. The van der Waals surface area contributed by atoms with E-state index in [-0.39, 0.29) is 6.04 Å². The Labute approximate surface area is 103 Å². The van der Waals surface area contributed by atoms with Crippen molar-refractivity contribution in [3.05, 3.63) is 35.4 Å². The van der Waals surface area contributed by atoms with Gasteiger partial charge < -0.3 is 16.4 Å². The molecule has 0 fully saturated rings. The van der Waals surface area contributed by atoms with Crippen molar-refractivity contribution in [2.45, 2.75) is 26.3 Å². The van der Waals surface area contributed by atoms with E-state index >= 15 is 0 Å². The minimum atomic E-state index is -0.480. The maximum atomic E-state index is 10.5. The van der Waals surface area contributed by atoms with Gasteiger partial charge in [-0.2, -0.15) is 0 Å². The summed E-state index contributed by atoms with van der Waals surface area (Å²) in [5.74, 6) is 0. The Morgan fingerprint density at radius 3 is 2.47 bits per heavy atom. The van der Waals surface area contributed by atoms with E-state index in [0.29, 0.717) is 13.1 Å². The summed E-state index contributed by atoms with van der Waals surface area (Å²) in [6, 6.07) is 8.36. The van der Waals surface area contributed by atoms with Gasteiger partial charge in [0.1, 0.15) is 0 Å².